The highest BCUT2D eigenvalue weighted by molar-refractivity contribution is 6.35. The molecule has 9 heteroatoms. The summed E-state index contributed by atoms with van der Waals surface area (Å²) >= 11 is 13.2. The van der Waals surface area contributed by atoms with Crippen LogP contribution in [-0.2, 0) is 0 Å². The van der Waals surface area contributed by atoms with Crippen molar-refractivity contribution in [2.75, 3.05) is 13.2 Å². The van der Waals surface area contributed by atoms with Crippen LogP contribution < -0.4 is 15.9 Å². The zero-order valence-corrected chi connectivity index (χ0v) is 19.3. The third-order valence-corrected chi connectivity index (χ3v) is 5.24. The van der Waals surface area contributed by atoms with Gasteiger partial charge >= 0.3 is 0 Å². The van der Waals surface area contributed by atoms with Crippen molar-refractivity contribution in [2.45, 2.75) is 32.9 Å². The third kappa shape index (κ3) is 4.90. The lowest BCUT2D eigenvalue weighted by atomic mass is 10.1. The Morgan fingerprint density at radius 2 is 1.97 bits per heavy atom. The van der Waals surface area contributed by atoms with Crippen LogP contribution in [0, 0.1) is 25.7 Å². The summed E-state index contributed by atoms with van der Waals surface area (Å²) in [6.07, 6.45) is 0.253. The first-order valence-corrected chi connectivity index (χ1v) is 10.6. The van der Waals surface area contributed by atoms with Crippen LogP contribution in [0.2, 0.25) is 10.0 Å². The Labute approximate surface area is 195 Å². The molecule has 0 fully saturated rings. The fourth-order valence-corrected chi connectivity index (χ4v) is 3.90. The van der Waals surface area contributed by atoms with E-state index >= 15 is 0 Å². The summed E-state index contributed by atoms with van der Waals surface area (Å²) in [4.78, 5) is 17.0. The molecule has 168 valence electrons. The second-order valence-electron chi connectivity index (χ2n) is 7.45. The molecule has 2 heterocycles. The summed E-state index contributed by atoms with van der Waals surface area (Å²) in [5.74, 6) is 5.91. The number of aliphatic hydroxyl groups excluding tert-OH is 2. The first-order chi connectivity index (χ1) is 15.1. The van der Waals surface area contributed by atoms with Gasteiger partial charge in [-0.2, -0.15) is 0 Å². The Kier molecular flexibility index (Phi) is 7.44. The van der Waals surface area contributed by atoms with Gasteiger partial charge in [0.25, 0.3) is 0 Å². The van der Waals surface area contributed by atoms with Crippen LogP contribution in [0.15, 0.2) is 29.2 Å². The molecule has 0 bridgehead atoms. The summed E-state index contributed by atoms with van der Waals surface area (Å²) in [6, 6.07) is 4.78. The second kappa shape index (κ2) is 9.90. The fourth-order valence-electron chi connectivity index (χ4n) is 3.32. The standard InChI is InChI=1S/C23H23Cl2N3O4/c1-12-6-15(5-4-13(2)26)8-17(24)21(12)28-14(3)7-19(31)20-22(28)18(25)9-27-23(20)32-11-16(30)10-29/h6-9,13,16,29-30H,10-11,26H2,1-3H3. The number of benzene rings is 1. The summed E-state index contributed by atoms with van der Waals surface area (Å²) in [6.45, 7) is 4.72. The van der Waals surface area contributed by atoms with Crippen LogP contribution in [-0.4, -0.2) is 45.1 Å². The number of pyridine rings is 2. The molecule has 1 aromatic carbocycles. The number of aryl methyl sites for hydroxylation is 2. The molecule has 3 aromatic rings. The van der Waals surface area contributed by atoms with Gasteiger partial charge in [-0.3, -0.25) is 4.79 Å². The van der Waals surface area contributed by atoms with Crippen molar-refractivity contribution in [2.24, 2.45) is 5.73 Å². The monoisotopic (exact) mass is 475 g/mol. The summed E-state index contributed by atoms with van der Waals surface area (Å²) in [5, 5.41) is 19.4. The van der Waals surface area contributed by atoms with Gasteiger partial charge in [0.05, 0.1) is 40.1 Å². The number of halogens is 2. The van der Waals surface area contributed by atoms with E-state index in [0.29, 0.717) is 27.5 Å². The number of ether oxygens (including phenoxy) is 1. The Hall–Kier alpha value is -2.60. The van der Waals surface area contributed by atoms with E-state index in [0.717, 1.165) is 5.56 Å². The van der Waals surface area contributed by atoms with Crippen molar-refractivity contribution in [3.05, 3.63) is 61.5 Å². The van der Waals surface area contributed by atoms with Gasteiger partial charge in [0.1, 0.15) is 18.1 Å². The average molecular weight is 476 g/mol. The first kappa shape index (κ1) is 24.1. The molecule has 2 aromatic heterocycles. The first-order valence-electron chi connectivity index (χ1n) is 9.84. The van der Waals surface area contributed by atoms with Gasteiger partial charge in [0.2, 0.25) is 5.88 Å². The van der Waals surface area contributed by atoms with Gasteiger partial charge in [0, 0.05) is 17.3 Å². The van der Waals surface area contributed by atoms with Crippen molar-refractivity contribution < 1.29 is 14.9 Å². The van der Waals surface area contributed by atoms with E-state index in [2.05, 4.69) is 16.8 Å². The highest BCUT2D eigenvalue weighted by Crippen LogP contribution is 2.34. The molecule has 0 amide bonds. The van der Waals surface area contributed by atoms with E-state index in [1.165, 1.54) is 12.3 Å². The second-order valence-corrected chi connectivity index (χ2v) is 8.26. The van der Waals surface area contributed by atoms with Crippen molar-refractivity contribution in [1.29, 1.82) is 0 Å². The van der Waals surface area contributed by atoms with Gasteiger partial charge in [-0.15, -0.1) is 0 Å². The SMILES string of the molecule is Cc1cc(C#CC(C)N)cc(Cl)c1-n1c(C)cc(=O)c2c(OCC(O)CO)ncc(Cl)c21. The van der Waals surface area contributed by atoms with Crippen LogP contribution >= 0.6 is 23.2 Å². The number of fused-ring (bicyclic) bond motifs is 1. The molecule has 0 saturated heterocycles. The minimum Gasteiger partial charge on any atom is -0.474 e. The Bertz CT molecular complexity index is 1270. The molecular formula is C23H23Cl2N3O4. The lowest BCUT2D eigenvalue weighted by Gasteiger charge is -2.20. The molecule has 0 spiro atoms. The third-order valence-electron chi connectivity index (χ3n) is 4.68. The maximum Gasteiger partial charge on any atom is 0.227 e. The van der Waals surface area contributed by atoms with E-state index in [1.54, 1.807) is 24.5 Å². The van der Waals surface area contributed by atoms with E-state index < -0.39 is 12.7 Å². The highest BCUT2D eigenvalue weighted by Gasteiger charge is 2.20. The number of aromatic nitrogens is 2. The average Bonchev–Trinajstić information content (AvgIpc) is 2.72. The lowest BCUT2D eigenvalue weighted by Crippen LogP contribution is -2.22. The molecule has 0 radical (unpaired) electrons. The number of aliphatic hydroxyl groups is 2. The fraction of sp³-hybridized carbons (Fsp3) is 0.304. The van der Waals surface area contributed by atoms with Crippen LogP contribution in [0.4, 0.5) is 0 Å². The summed E-state index contributed by atoms with van der Waals surface area (Å²) < 4.78 is 7.29. The van der Waals surface area contributed by atoms with Crippen LogP contribution in [0.1, 0.15) is 23.7 Å². The van der Waals surface area contributed by atoms with E-state index in [9.17, 15) is 9.90 Å². The van der Waals surface area contributed by atoms with E-state index in [-0.39, 0.29) is 34.4 Å². The quantitative estimate of drug-likeness (QED) is 0.489. The van der Waals surface area contributed by atoms with Crippen LogP contribution in [0.25, 0.3) is 16.6 Å². The van der Waals surface area contributed by atoms with Gasteiger partial charge in [-0.1, -0.05) is 35.0 Å². The Morgan fingerprint density at radius 1 is 1.25 bits per heavy atom. The molecule has 4 N–H and O–H groups in total. The van der Waals surface area contributed by atoms with Crippen molar-refractivity contribution in [3.63, 3.8) is 0 Å². The highest BCUT2D eigenvalue weighted by atomic mass is 35.5. The molecule has 0 aliphatic carbocycles. The molecular weight excluding hydrogens is 453 g/mol. The molecule has 0 aliphatic heterocycles. The topological polar surface area (TPSA) is 111 Å². The normalized spacial score (nSPS) is 12.9. The van der Waals surface area contributed by atoms with E-state index in [4.69, 9.17) is 38.8 Å². The van der Waals surface area contributed by atoms with Crippen molar-refractivity contribution in [3.8, 4) is 23.4 Å². The van der Waals surface area contributed by atoms with E-state index in [1.807, 2.05) is 13.0 Å². The molecule has 32 heavy (non-hydrogen) atoms. The number of rotatable bonds is 5. The Balaban J connectivity index is 2.29. The maximum atomic E-state index is 12.9. The number of hydrogen-bond donors (Lipinski definition) is 3. The molecule has 3 rings (SSSR count). The predicted molar refractivity (Wildman–Crippen MR) is 126 cm³/mol. The molecule has 2 unspecified atom stereocenters. The predicted octanol–water partition coefficient (Wildman–Crippen LogP) is 2.74. The van der Waals surface area contributed by atoms with Gasteiger partial charge in [-0.05, 0) is 38.5 Å². The summed E-state index contributed by atoms with van der Waals surface area (Å²) in [7, 11) is 0. The zero-order valence-electron chi connectivity index (χ0n) is 17.8. The Morgan fingerprint density at radius 3 is 2.59 bits per heavy atom. The smallest absolute Gasteiger partial charge is 0.227 e. The molecule has 0 saturated carbocycles. The van der Waals surface area contributed by atoms with Gasteiger partial charge < -0.3 is 25.3 Å². The minimum absolute atomic E-state index is 0.00356. The van der Waals surface area contributed by atoms with Crippen molar-refractivity contribution in [1.82, 2.24) is 9.55 Å². The number of nitrogens with two attached hydrogens (primary N) is 1. The molecule has 7 nitrogen and oxygen atoms in total. The number of nitrogens with zero attached hydrogens (tertiary/aromatic N) is 2. The largest absolute Gasteiger partial charge is 0.474 e. The lowest BCUT2D eigenvalue weighted by molar-refractivity contribution is 0.0526. The summed E-state index contributed by atoms with van der Waals surface area (Å²) in [5.41, 5.74) is 8.51. The minimum atomic E-state index is -1.11. The maximum absolute atomic E-state index is 12.9. The van der Waals surface area contributed by atoms with Gasteiger partial charge in [0.15, 0.2) is 5.43 Å². The molecule has 2 atom stereocenters. The number of hydrogen-bond acceptors (Lipinski definition) is 6. The molecule has 0 aliphatic rings. The van der Waals surface area contributed by atoms with Gasteiger partial charge in [-0.25, -0.2) is 4.98 Å². The zero-order chi connectivity index (χ0) is 23.6. The van der Waals surface area contributed by atoms with Crippen molar-refractivity contribution >= 4 is 34.1 Å². The van der Waals surface area contributed by atoms with Crippen LogP contribution in [0.5, 0.6) is 5.88 Å². The van der Waals surface area contributed by atoms with Crippen LogP contribution in [0.3, 0.4) is 0 Å².